The summed E-state index contributed by atoms with van der Waals surface area (Å²) in [5, 5.41) is 14.9. The molecule has 0 radical (unpaired) electrons. The minimum Gasteiger partial charge on any atom is -0.484 e. The number of hydrogen-bond acceptors (Lipinski definition) is 9. The van der Waals surface area contributed by atoms with Crippen LogP contribution in [-0.2, 0) is 15.7 Å². The Morgan fingerprint density at radius 2 is 1.85 bits per heavy atom. The zero-order valence-corrected chi connectivity index (χ0v) is 27.3. The molecule has 12 heteroatoms. The van der Waals surface area contributed by atoms with Crippen LogP contribution in [0.2, 0.25) is 0 Å². The molecule has 0 spiro atoms. The highest BCUT2D eigenvalue weighted by atomic mass is 16.5. The molecule has 1 aliphatic carbocycles. The van der Waals surface area contributed by atoms with Gasteiger partial charge in [-0.05, 0) is 76.4 Å². The van der Waals surface area contributed by atoms with Gasteiger partial charge in [0.05, 0.1) is 30.1 Å². The minimum absolute atomic E-state index is 0.0891. The van der Waals surface area contributed by atoms with E-state index in [9.17, 15) is 9.59 Å². The first-order valence-electron chi connectivity index (χ1n) is 15.9. The third kappa shape index (κ3) is 6.13. The molecule has 6 rings (SSSR count). The number of aromatic nitrogens is 5. The lowest BCUT2D eigenvalue weighted by atomic mass is 9.85. The van der Waals surface area contributed by atoms with Crippen molar-refractivity contribution in [3.63, 3.8) is 0 Å². The average Bonchev–Trinajstić information content (AvgIpc) is 3.60. The number of fused-ring (bicyclic) bond motifs is 2. The van der Waals surface area contributed by atoms with Gasteiger partial charge in [-0.1, -0.05) is 45.0 Å². The molecular formula is C34H42N8O4. The lowest BCUT2D eigenvalue weighted by molar-refractivity contribution is 0.0511. The van der Waals surface area contributed by atoms with Gasteiger partial charge >= 0.3 is 12.0 Å². The van der Waals surface area contributed by atoms with E-state index in [2.05, 4.69) is 55.7 Å². The van der Waals surface area contributed by atoms with Crippen molar-refractivity contribution in [3.05, 3.63) is 77.1 Å². The second-order valence-corrected chi connectivity index (χ2v) is 13.3. The molecule has 46 heavy (non-hydrogen) atoms. The Morgan fingerprint density at radius 3 is 2.57 bits per heavy atom. The highest BCUT2D eigenvalue weighted by Crippen LogP contribution is 2.40. The third-order valence-corrected chi connectivity index (χ3v) is 9.07. The normalized spacial score (nSPS) is 21.5. The predicted octanol–water partition coefficient (Wildman–Crippen LogP) is 5.71. The molecule has 1 aromatic carbocycles. The van der Waals surface area contributed by atoms with Gasteiger partial charge in [0, 0.05) is 11.5 Å². The van der Waals surface area contributed by atoms with Gasteiger partial charge in [0.25, 0.3) is 0 Å². The average molecular weight is 627 g/mol. The van der Waals surface area contributed by atoms with E-state index in [0.29, 0.717) is 18.5 Å². The molecular weight excluding hydrogens is 584 g/mol. The van der Waals surface area contributed by atoms with Gasteiger partial charge in [-0.2, -0.15) is 0 Å². The number of rotatable bonds is 7. The van der Waals surface area contributed by atoms with Gasteiger partial charge in [0.1, 0.15) is 17.7 Å². The van der Waals surface area contributed by atoms with E-state index >= 15 is 0 Å². The van der Waals surface area contributed by atoms with Crippen LogP contribution in [0.4, 0.5) is 10.6 Å². The Morgan fingerprint density at radius 1 is 1.07 bits per heavy atom. The first-order valence-corrected chi connectivity index (χ1v) is 15.9. The van der Waals surface area contributed by atoms with Gasteiger partial charge in [0.2, 0.25) is 5.82 Å². The summed E-state index contributed by atoms with van der Waals surface area (Å²) in [6, 6.07) is 12.9. The summed E-state index contributed by atoms with van der Waals surface area (Å²) in [4.78, 5) is 36.7. The molecule has 4 heterocycles. The van der Waals surface area contributed by atoms with Crippen LogP contribution in [-0.4, -0.2) is 61.7 Å². The number of hydrogen-bond donors (Lipinski definition) is 2. The molecule has 2 N–H and O–H groups in total. The number of likely N-dealkylation sites (tertiary alicyclic amines) is 1. The zero-order chi connectivity index (χ0) is 32.6. The second-order valence-electron chi connectivity index (χ2n) is 13.3. The first-order chi connectivity index (χ1) is 22.0. The Balaban J connectivity index is 1.19. The molecule has 12 nitrogen and oxygen atoms in total. The van der Waals surface area contributed by atoms with Crippen molar-refractivity contribution < 1.29 is 19.1 Å². The number of ether oxygens (including phenoxy) is 2. The van der Waals surface area contributed by atoms with Crippen molar-refractivity contribution in [2.24, 2.45) is 0 Å². The van der Waals surface area contributed by atoms with Crippen LogP contribution in [0, 0.1) is 0 Å². The maximum atomic E-state index is 13.3. The fourth-order valence-electron chi connectivity index (χ4n) is 6.37. The molecule has 3 atom stereocenters. The Kier molecular flexibility index (Phi) is 8.41. The number of pyridine rings is 1. The molecule has 1 unspecified atom stereocenters. The van der Waals surface area contributed by atoms with Crippen LogP contribution in [0.5, 0.6) is 5.75 Å². The largest absolute Gasteiger partial charge is 0.484 e. The van der Waals surface area contributed by atoms with Crippen molar-refractivity contribution in [1.82, 2.24) is 34.8 Å². The Bertz CT molecular complexity index is 1770. The lowest BCUT2D eigenvalue weighted by Crippen LogP contribution is -2.37. The number of benzene rings is 1. The van der Waals surface area contributed by atoms with E-state index in [1.54, 1.807) is 13.0 Å². The van der Waals surface area contributed by atoms with Crippen molar-refractivity contribution in [2.45, 2.75) is 83.4 Å². The summed E-state index contributed by atoms with van der Waals surface area (Å²) < 4.78 is 13.8. The van der Waals surface area contributed by atoms with Crippen molar-refractivity contribution in [2.75, 3.05) is 25.5 Å². The fourth-order valence-corrected chi connectivity index (χ4v) is 6.37. The summed E-state index contributed by atoms with van der Waals surface area (Å²) in [6.07, 6.45) is 5.31. The van der Waals surface area contributed by atoms with Crippen LogP contribution >= 0.6 is 0 Å². The number of nitrogens with one attached hydrogen (secondary N) is 2. The molecule has 4 aromatic rings. The molecule has 242 valence electrons. The highest BCUT2D eigenvalue weighted by Gasteiger charge is 2.40. The van der Waals surface area contributed by atoms with Crippen LogP contribution in [0.3, 0.4) is 0 Å². The molecule has 1 fully saturated rings. The van der Waals surface area contributed by atoms with E-state index in [1.807, 2.05) is 61.7 Å². The highest BCUT2D eigenvalue weighted by molar-refractivity contribution is 5.90. The van der Waals surface area contributed by atoms with Crippen molar-refractivity contribution in [1.29, 1.82) is 0 Å². The molecule has 2 amide bonds. The number of carbonyl (C=O) groups excluding carboxylic acids is 2. The monoisotopic (exact) mass is 626 g/mol. The van der Waals surface area contributed by atoms with Crippen LogP contribution in [0.15, 0.2) is 48.7 Å². The van der Waals surface area contributed by atoms with E-state index in [0.717, 1.165) is 47.7 Å². The standard InChI is InChI=1S/C34H42N8O4/c1-7-45-30(43)29-36-26(33(2,3)4)19-27(37-29)38-32(44)35-24-14-15-25(23-12-9-8-11-22(23)24)46-21-13-16-28-39-40-31(42(28)20-21)34(5)17-10-18-41(34)6/h8-9,11-13,16,19-20,24-25H,7,10,14-15,17-18H2,1-6H3,(H2,35,36,37,38,44)/t24-,25+,34?/m0/s1. The number of urea groups is 1. The van der Waals surface area contributed by atoms with Crippen molar-refractivity contribution >= 4 is 23.5 Å². The molecule has 2 aliphatic rings. The van der Waals surface area contributed by atoms with E-state index in [-0.39, 0.29) is 41.3 Å². The van der Waals surface area contributed by atoms with Crippen LogP contribution < -0.4 is 15.4 Å². The summed E-state index contributed by atoms with van der Waals surface area (Å²) >= 11 is 0. The smallest absolute Gasteiger partial charge is 0.376 e. The summed E-state index contributed by atoms with van der Waals surface area (Å²) in [5.74, 6) is 1.16. The van der Waals surface area contributed by atoms with Gasteiger partial charge in [-0.3, -0.25) is 14.6 Å². The maximum Gasteiger partial charge on any atom is 0.376 e. The fraction of sp³-hybridized carbons (Fsp3) is 0.471. The molecule has 3 aromatic heterocycles. The molecule has 1 saturated heterocycles. The number of carbonyl (C=O) groups is 2. The van der Waals surface area contributed by atoms with Gasteiger partial charge in [-0.25, -0.2) is 19.6 Å². The topological polar surface area (TPSA) is 136 Å². The second kappa shape index (κ2) is 12.3. The Labute approximate surface area is 268 Å². The van der Waals surface area contributed by atoms with Crippen LogP contribution in [0.1, 0.15) is 106 Å². The number of esters is 1. The van der Waals surface area contributed by atoms with Gasteiger partial charge < -0.3 is 14.8 Å². The number of nitrogens with zero attached hydrogens (tertiary/aromatic N) is 6. The maximum absolute atomic E-state index is 13.3. The van der Waals surface area contributed by atoms with Gasteiger partial charge in [0.15, 0.2) is 11.5 Å². The molecule has 1 aliphatic heterocycles. The first kappa shape index (κ1) is 31.4. The molecule has 0 bridgehead atoms. The third-order valence-electron chi connectivity index (χ3n) is 9.07. The quantitative estimate of drug-likeness (QED) is 0.247. The van der Waals surface area contributed by atoms with E-state index in [1.165, 1.54) is 0 Å². The summed E-state index contributed by atoms with van der Waals surface area (Å²) in [7, 11) is 2.13. The molecule has 0 saturated carbocycles. The van der Waals surface area contributed by atoms with E-state index < -0.39 is 12.0 Å². The predicted molar refractivity (Wildman–Crippen MR) is 173 cm³/mol. The number of amides is 2. The van der Waals surface area contributed by atoms with E-state index in [4.69, 9.17) is 9.47 Å². The zero-order valence-electron chi connectivity index (χ0n) is 27.3. The lowest BCUT2D eigenvalue weighted by Gasteiger charge is -2.32. The Hall–Kier alpha value is -4.58. The SMILES string of the molecule is CCOC(=O)c1nc(NC(=O)N[C@H]2CC[C@@H](Oc3ccc4nnc(C5(C)CCCN5C)n4c3)c3ccccc32)cc(C(C)(C)C)n1. The van der Waals surface area contributed by atoms with Gasteiger partial charge in [-0.15, -0.1) is 10.2 Å². The summed E-state index contributed by atoms with van der Waals surface area (Å²) in [6.45, 7) is 11.1. The number of anilines is 1. The summed E-state index contributed by atoms with van der Waals surface area (Å²) in [5.41, 5.74) is 2.85. The van der Waals surface area contributed by atoms with Crippen molar-refractivity contribution in [3.8, 4) is 5.75 Å². The van der Waals surface area contributed by atoms with Crippen LogP contribution in [0.25, 0.3) is 5.65 Å². The minimum atomic E-state index is -0.635.